The summed E-state index contributed by atoms with van der Waals surface area (Å²) in [5, 5.41) is 0. The van der Waals surface area contributed by atoms with Crippen LogP contribution < -0.4 is 9.62 Å². The fourth-order valence-electron chi connectivity index (χ4n) is 4.15. The van der Waals surface area contributed by atoms with Crippen LogP contribution >= 0.6 is 0 Å². The first-order chi connectivity index (χ1) is 16.5. The van der Waals surface area contributed by atoms with Crippen LogP contribution in [-0.2, 0) is 27.8 Å². The minimum absolute atomic E-state index is 0.124. The Morgan fingerprint density at radius 2 is 1.47 bits per heavy atom. The molecule has 6 nitrogen and oxygen atoms in total. The highest BCUT2D eigenvalue weighted by Crippen LogP contribution is 2.31. The highest BCUT2D eigenvalue weighted by Gasteiger charge is 2.36. The summed E-state index contributed by atoms with van der Waals surface area (Å²) in [5.74, 6) is 0.236. The molecule has 0 aliphatic carbocycles. The number of hydrogen-bond acceptors (Lipinski definition) is 4. The quantitative estimate of drug-likeness (QED) is 0.459. The highest BCUT2D eigenvalue weighted by atomic mass is 32.2. The van der Waals surface area contributed by atoms with Gasteiger partial charge < -0.3 is 0 Å². The lowest BCUT2D eigenvalue weighted by atomic mass is 9.97. The van der Waals surface area contributed by atoms with Gasteiger partial charge in [-0.15, -0.1) is 0 Å². The number of nitrogens with zero attached hydrogens (tertiary/aromatic N) is 2. The molecular weight excluding hydrogens is 446 g/mol. The number of hydrogen-bond donors (Lipinski definition) is 1. The van der Waals surface area contributed by atoms with Crippen LogP contribution in [0.5, 0.6) is 0 Å². The SMILES string of the molecule is O=C1C(NS(=O)(=O)c2ccccc2)Cc2cc(-c3ccccc3)cnc2N1Cc1ccccc1. The predicted octanol–water partition coefficient (Wildman–Crippen LogP) is 4.19. The minimum Gasteiger partial charge on any atom is -0.291 e. The number of benzene rings is 3. The third kappa shape index (κ3) is 4.48. The van der Waals surface area contributed by atoms with E-state index < -0.39 is 16.1 Å². The molecule has 3 aromatic carbocycles. The molecule has 2 heterocycles. The van der Waals surface area contributed by atoms with Gasteiger partial charge in [-0.05, 0) is 34.9 Å². The van der Waals surface area contributed by atoms with Crippen molar-refractivity contribution in [2.75, 3.05) is 4.90 Å². The molecule has 1 aliphatic rings. The van der Waals surface area contributed by atoms with E-state index in [1.54, 1.807) is 29.3 Å². The Morgan fingerprint density at radius 1 is 0.853 bits per heavy atom. The first-order valence-corrected chi connectivity index (χ1v) is 12.5. The number of nitrogens with one attached hydrogen (secondary N) is 1. The standard InChI is InChI=1S/C27H23N3O3S/c31-27-25(29-34(32,33)24-14-8-3-9-15-24)17-22-16-23(21-12-6-2-7-13-21)18-28-26(22)30(27)19-20-10-4-1-5-11-20/h1-16,18,25,29H,17,19H2. The van der Waals surface area contributed by atoms with Gasteiger partial charge in [0.15, 0.2) is 0 Å². The van der Waals surface area contributed by atoms with Gasteiger partial charge in [0, 0.05) is 18.2 Å². The molecule has 0 bridgehead atoms. The second-order valence-electron chi connectivity index (χ2n) is 8.17. The average molecular weight is 470 g/mol. The van der Waals surface area contributed by atoms with Crippen molar-refractivity contribution in [3.8, 4) is 11.1 Å². The molecule has 0 saturated heterocycles. The summed E-state index contributed by atoms with van der Waals surface area (Å²) in [5.41, 5.74) is 3.67. The van der Waals surface area contributed by atoms with Crippen molar-refractivity contribution in [3.05, 3.63) is 114 Å². The zero-order valence-corrected chi connectivity index (χ0v) is 19.2. The Labute approximate surface area is 199 Å². The Balaban J connectivity index is 1.53. The van der Waals surface area contributed by atoms with Crippen molar-refractivity contribution in [2.45, 2.75) is 23.9 Å². The minimum atomic E-state index is -3.87. The zero-order valence-electron chi connectivity index (χ0n) is 18.3. The third-order valence-corrected chi connectivity index (χ3v) is 7.32. The topological polar surface area (TPSA) is 79.4 Å². The number of carbonyl (C=O) groups is 1. The summed E-state index contributed by atoms with van der Waals surface area (Å²) >= 11 is 0. The summed E-state index contributed by atoms with van der Waals surface area (Å²) in [4.78, 5) is 19.9. The summed E-state index contributed by atoms with van der Waals surface area (Å²) in [6.45, 7) is 0.300. The Hall–Kier alpha value is -3.81. The van der Waals surface area contributed by atoms with E-state index in [4.69, 9.17) is 0 Å². The van der Waals surface area contributed by atoms with Crippen LogP contribution in [0.15, 0.2) is 108 Å². The van der Waals surface area contributed by atoms with Crippen molar-refractivity contribution in [1.82, 2.24) is 9.71 Å². The van der Waals surface area contributed by atoms with E-state index in [0.717, 1.165) is 22.3 Å². The van der Waals surface area contributed by atoms with Gasteiger partial charge in [-0.25, -0.2) is 13.4 Å². The van der Waals surface area contributed by atoms with E-state index in [1.807, 2.05) is 66.7 Å². The van der Waals surface area contributed by atoms with Crippen LogP contribution in [0.2, 0.25) is 0 Å². The van der Waals surface area contributed by atoms with Crippen molar-refractivity contribution in [1.29, 1.82) is 0 Å². The van der Waals surface area contributed by atoms with E-state index in [0.29, 0.717) is 12.4 Å². The van der Waals surface area contributed by atoms with Crippen molar-refractivity contribution >= 4 is 21.7 Å². The molecule has 1 unspecified atom stereocenters. The molecule has 1 aromatic heterocycles. The molecule has 5 rings (SSSR count). The maximum absolute atomic E-state index is 13.5. The zero-order chi connectivity index (χ0) is 23.5. The summed E-state index contributed by atoms with van der Waals surface area (Å²) in [7, 11) is -3.87. The number of rotatable bonds is 6. The third-order valence-electron chi connectivity index (χ3n) is 5.83. The molecule has 0 spiro atoms. The van der Waals surface area contributed by atoms with E-state index in [2.05, 4.69) is 9.71 Å². The Bertz CT molecular complexity index is 1410. The number of pyridine rings is 1. The summed E-state index contributed by atoms with van der Waals surface area (Å²) < 4.78 is 28.7. The van der Waals surface area contributed by atoms with E-state index >= 15 is 0 Å². The molecule has 1 N–H and O–H groups in total. The number of sulfonamides is 1. The molecule has 0 fully saturated rings. The van der Waals surface area contributed by atoms with Gasteiger partial charge in [-0.2, -0.15) is 4.72 Å². The van der Waals surface area contributed by atoms with Gasteiger partial charge in [0.2, 0.25) is 15.9 Å². The monoisotopic (exact) mass is 469 g/mol. The molecule has 0 saturated carbocycles. The number of amides is 1. The number of carbonyl (C=O) groups excluding carboxylic acids is 1. The second-order valence-corrected chi connectivity index (χ2v) is 9.89. The van der Waals surface area contributed by atoms with Crippen LogP contribution in [0.3, 0.4) is 0 Å². The molecule has 7 heteroatoms. The van der Waals surface area contributed by atoms with Crippen LogP contribution in [0.4, 0.5) is 5.82 Å². The van der Waals surface area contributed by atoms with Crippen molar-refractivity contribution in [3.63, 3.8) is 0 Å². The largest absolute Gasteiger partial charge is 0.291 e. The first-order valence-electron chi connectivity index (χ1n) is 11.0. The van der Waals surface area contributed by atoms with Gasteiger partial charge >= 0.3 is 0 Å². The van der Waals surface area contributed by atoms with E-state index in [-0.39, 0.29) is 17.2 Å². The molecule has 1 atom stereocenters. The molecule has 34 heavy (non-hydrogen) atoms. The van der Waals surface area contributed by atoms with Crippen LogP contribution in [-0.4, -0.2) is 25.4 Å². The molecule has 4 aromatic rings. The van der Waals surface area contributed by atoms with Gasteiger partial charge in [0.25, 0.3) is 0 Å². The van der Waals surface area contributed by atoms with Crippen molar-refractivity contribution < 1.29 is 13.2 Å². The average Bonchev–Trinajstić information content (AvgIpc) is 2.88. The molecule has 1 amide bonds. The van der Waals surface area contributed by atoms with Gasteiger partial charge in [-0.3, -0.25) is 9.69 Å². The smallest absolute Gasteiger partial charge is 0.246 e. The molecular formula is C27H23N3O3S. The second kappa shape index (κ2) is 9.21. The maximum Gasteiger partial charge on any atom is 0.246 e. The highest BCUT2D eigenvalue weighted by molar-refractivity contribution is 7.89. The summed E-state index contributed by atoms with van der Waals surface area (Å²) in [6.07, 6.45) is 1.98. The molecule has 170 valence electrons. The van der Waals surface area contributed by atoms with Gasteiger partial charge in [-0.1, -0.05) is 78.9 Å². The van der Waals surface area contributed by atoms with Gasteiger partial charge in [0.1, 0.15) is 11.9 Å². The lowest BCUT2D eigenvalue weighted by Crippen LogP contribution is -2.52. The predicted molar refractivity (Wildman–Crippen MR) is 132 cm³/mol. The lowest BCUT2D eigenvalue weighted by Gasteiger charge is -2.33. The van der Waals surface area contributed by atoms with Crippen LogP contribution in [0.25, 0.3) is 11.1 Å². The first kappa shape index (κ1) is 22.0. The van der Waals surface area contributed by atoms with Gasteiger partial charge in [0.05, 0.1) is 11.4 Å². The fourth-order valence-corrected chi connectivity index (χ4v) is 5.36. The number of anilines is 1. The van der Waals surface area contributed by atoms with Crippen LogP contribution in [0.1, 0.15) is 11.1 Å². The number of fused-ring (bicyclic) bond motifs is 1. The fraction of sp³-hybridized carbons (Fsp3) is 0.111. The number of aromatic nitrogens is 1. The van der Waals surface area contributed by atoms with Crippen LogP contribution in [0, 0.1) is 0 Å². The van der Waals surface area contributed by atoms with E-state index in [1.165, 1.54) is 12.1 Å². The maximum atomic E-state index is 13.5. The normalized spacial score (nSPS) is 15.7. The summed E-state index contributed by atoms with van der Waals surface area (Å²) in [6, 6.07) is 28.6. The lowest BCUT2D eigenvalue weighted by molar-refractivity contribution is -0.120. The molecule has 1 aliphatic heterocycles. The Morgan fingerprint density at radius 3 is 2.15 bits per heavy atom. The molecule has 0 radical (unpaired) electrons. The van der Waals surface area contributed by atoms with E-state index in [9.17, 15) is 13.2 Å². The van der Waals surface area contributed by atoms with Crippen molar-refractivity contribution in [2.24, 2.45) is 0 Å². The Kier molecular flexibility index (Phi) is 5.96.